The van der Waals surface area contributed by atoms with Gasteiger partial charge in [0, 0.05) is 29.9 Å². The summed E-state index contributed by atoms with van der Waals surface area (Å²) in [6, 6.07) is 14.1. The zero-order valence-electron chi connectivity index (χ0n) is 19.7. The number of nitrogens with zero attached hydrogens (tertiary/aromatic N) is 1. The number of benzene rings is 3. The van der Waals surface area contributed by atoms with Crippen LogP contribution in [0.2, 0.25) is 0 Å². The van der Waals surface area contributed by atoms with Crippen molar-refractivity contribution in [2.24, 2.45) is 0 Å². The molecule has 0 amide bonds. The Morgan fingerprint density at radius 2 is 1.75 bits per heavy atom. The molecule has 0 aliphatic heterocycles. The normalized spacial score (nSPS) is 12.1. The molecule has 4 aromatic rings. The van der Waals surface area contributed by atoms with Crippen LogP contribution in [0.15, 0.2) is 71.8 Å². The van der Waals surface area contributed by atoms with Gasteiger partial charge in [0.15, 0.2) is 0 Å². The van der Waals surface area contributed by atoms with E-state index in [-0.39, 0.29) is 0 Å². The van der Waals surface area contributed by atoms with Gasteiger partial charge in [-0.25, -0.2) is 12.4 Å². The van der Waals surface area contributed by atoms with E-state index in [1.54, 1.807) is 43.4 Å². The van der Waals surface area contributed by atoms with Gasteiger partial charge in [-0.3, -0.25) is 0 Å². The lowest BCUT2D eigenvalue weighted by molar-refractivity contribution is -0.137. The number of anilines is 2. The molecule has 7 nitrogen and oxygen atoms in total. The summed E-state index contributed by atoms with van der Waals surface area (Å²) < 4.78 is 78.4. The van der Waals surface area contributed by atoms with Crippen molar-refractivity contribution in [3.63, 3.8) is 0 Å². The average Bonchev–Trinajstić information content (AvgIpc) is 3.22. The standard InChI is InChI=1S/C25H24F3N3O4S/c1-29-14-16-15-31(36(32,33)20-6-4-5-17(11-20)25(26,27)28)23-12-18(7-9-21(16)23)30-22-10-8-19(34-2)13-24(22)35-3/h4-13,15,29-30H,14H2,1-3H3. The van der Waals surface area contributed by atoms with Gasteiger partial charge in [-0.2, -0.15) is 13.2 Å². The fraction of sp³-hybridized carbons (Fsp3) is 0.200. The molecule has 2 N–H and O–H groups in total. The first-order valence-electron chi connectivity index (χ1n) is 10.8. The van der Waals surface area contributed by atoms with Crippen LogP contribution < -0.4 is 20.1 Å². The van der Waals surface area contributed by atoms with Crippen LogP contribution in [0.1, 0.15) is 11.1 Å². The number of halogens is 3. The molecule has 0 aliphatic carbocycles. The van der Waals surface area contributed by atoms with Crippen LogP contribution in [0.25, 0.3) is 10.9 Å². The van der Waals surface area contributed by atoms with E-state index in [1.165, 1.54) is 20.4 Å². The van der Waals surface area contributed by atoms with Crippen molar-refractivity contribution < 1.29 is 31.1 Å². The molecule has 0 aliphatic rings. The number of hydrogen-bond acceptors (Lipinski definition) is 6. The minimum absolute atomic E-state index is 0.315. The molecule has 36 heavy (non-hydrogen) atoms. The van der Waals surface area contributed by atoms with Crippen molar-refractivity contribution in [3.05, 3.63) is 78.0 Å². The largest absolute Gasteiger partial charge is 0.497 e. The molecule has 4 rings (SSSR count). The summed E-state index contributed by atoms with van der Waals surface area (Å²) in [4.78, 5) is -0.458. The number of alkyl halides is 3. The first-order valence-corrected chi connectivity index (χ1v) is 12.2. The van der Waals surface area contributed by atoms with Crippen LogP contribution in [0.4, 0.5) is 24.5 Å². The Kier molecular flexibility index (Phi) is 6.87. The van der Waals surface area contributed by atoms with Crippen molar-refractivity contribution >= 4 is 32.3 Å². The van der Waals surface area contributed by atoms with E-state index in [9.17, 15) is 21.6 Å². The molecular weight excluding hydrogens is 495 g/mol. The minimum atomic E-state index is -4.67. The molecule has 0 atom stereocenters. The zero-order valence-corrected chi connectivity index (χ0v) is 20.5. The number of ether oxygens (including phenoxy) is 2. The van der Waals surface area contributed by atoms with Gasteiger partial charge in [-0.1, -0.05) is 12.1 Å². The van der Waals surface area contributed by atoms with Gasteiger partial charge in [-0.15, -0.1) is 0 Å². The summed E-state index contributed by atoms with van der Waals surface area (Å²) in [5, 5.41) is 6.84. The smallest absolute Gasteiger partial charge is 0.416 e. The van der Waals surface area contributed by atoms with Crippen molar-refractivity contribution in [2.75, 3.05) is 26.6 Å². The Hall–Kier alpha value is -3.70. The molecule has 3 aromatic carbocycles. The molecule has 0 spiro atoms. The topological polar surface area (TPSA) is 81.6 Å². The van der Waals surface area contributed by atoms with Gasteiger partial charge in [0.05, 0.1) is 35.9 Å². The maximum Gasteiger partial charge on any atom is 0.416 e. The van der Waals surface area contributed by atoms with Crippen LogP contribution in [-0.2, 0) is 22.7 Å². The lowest BCUT2D eigenvalue weighted by atomic mass is 10.1. The fourth-order valence-electron chi connectivity index (χ4n) is 3.88. The van der Waals surface area contributed by atoms with Crippen LogP contribution >= 0.6 is 0 Å². The third-order valence-electron chi connectivity index (χ3n) is 5.63. The molecule has 0 radical (unpaired) electrons. The second-order valence-corrected chi connectivity index (χ2v) is 9.75. The highest BCUT2D eigenvalue weighted by atomic mass is 32.2. The Morgan fingerprint density at radius 3 is 2.42 bits per heavy atom. The molecule has 1 heterocycles. The van der Waals surface area contributed by atoms with Gasteiger partial charge in [-0.05, 0) is 55.1 Å². The summed E-state index contributed by atoms with van der Waals surface area (Å²) in [5.74, 6) is 1.11. The fourth-order valence-corrected chi connectivity index (χ4v) is 5.31. The molecular formula is C25H24F3N3O4S. The Bertz CT molecular complexity index is 1520. The molecule has 190 valence electrons. The molecule has 0 saturated heterocycles. The first-order chi connectivity index (χ1) is 17.1. The SMILES string of the molecule is CNCc1cn(S(=O)(=O)c2cccc(C(F)(F)F)c2)c2cc(Nc3ccc(OC)cc3OC)ccc12. The number of rotatable bonds is 8. The van der Waals surface area contributed by atoms with E-state index in [0.717, 1.165) is 22.2 Å². The van der Waals surface area contributed by atoms with E-state index in [2.05, 4.69) is 10.6 Å². The maximum atomic E-state index is 13.5. The van der Waals surface area contributed by atoms with Gasteiger partial charge >= 0.3 is 6.18 Å². The summed E-state index contributed by atoms with van der Waals surface area (Å²) in [6.07, 6.45) is -3.25. The number of nitrogens with one attached hydrogen (secondary N) is 2. The van der Waals surface area contributed by atoms with Crippen LogP contribution in [0.5, 0.6) is 11.5 Å². The molecule has 0 unspecified atom stereocenters. The third kappa shape index (κ3) is 4.84. The van der Waals surface area contributed by atoms with Crippen LogP contribution in [-0.4, -0.2) is 33.7 Å². The van der Waals surface area contributed by atoms with E-state index in [4.69, 9.17) is 9.47 Å². The van der Waals surface area contributed by atoms with Crippen molar-refractivity contribution in [1.82, 2.24) is 9.29 Å². The average molecular weight is 520 g/mol. The number of aromatic nitrogens is 1. The second kappa shape index (κ2) is 9.75. The maximum absolute atomic E-state index is 13.5. The molecule has 0 fully saturated rings. The molecule has 0 saturated carbocycles. The Morgan fingerprint density at radius 1 is 0.972 bits per heavy atom. The van der Waals surface area contributed by atoms with Gasteiger partial charge in [0.25, 0.3) is 10.0 Å². The van der Waals surface area contributed by atoms with E-state index < -0.39 is 26.7 Å². The van der Waals surface area contributed by atoms with Crippen molar-refractivity contribution in [1.29, 1.82) is 0 Å². The lowest BCUT2D eigenvalue weighted by Gasteiger charge is -2.14. The van der Waals surface area contributed by atoms with Crippen molar-refractivity contribution in [2.45, 2.75) is 17.6 Å². The number of methoxy groups -OCH3 is 2. The van der Waals surface area contributed by atoms with E-state index in [1.807, 2.05) is 0 Å². The van der Waals surface area contributed by atoms with Gasteiger partial charge in [0.2, 0.25) is 0 Å². The van der Waals surface area contributed by atoms with Crippen LogP contribution in [0.3, 0.4) is 0 Å². The molecule has 1 aromatic heterocycles. The monoisotopic (exact) mass is 519 g/mol. The summed E-state index contributed by atoms with van der Waals surface area (Å²) in [6.45, 7) is 0.362. The summed E-state index contributed by atoms with van der Waals surface area (Å²) in [7, 11) is 0.434. The molecule has 0 bridgehead atoms. The number of hydrogen-bond donors (Lipinski definition) is 2. The first kappa shape index (κ1) is 25.4. The predicted molar refractivity (Wildman–Crippen MR) is 132 cm³/mol. The quantitative estimate of drug-likeness (QED) is 0.326. The highest BCUT2D eigenvalue weighted by molar-refractivity contribution is 7.90. The van der Waals surface area contributed by atoms with Crippen LogP contribution in [0, 0.1) is 0 Å². The second-order valence-electron chi connectivity index (χ2n) is 7.93. The Labute approximate surface area is 206 Å². The predicted octanol–water partition coefficient (Wildman–Crippen LogP) is 5.38. The zero-order chi connectivity index (χ0) is 26.1. The molecule has 11 heteroatoms. The Balaban J connectivity index is 1.83. The third-order valence-corrected chi connectivity index (χ3v) is 7.30. The summed E-state index contributed by atoms with van der Waals surface area (Å²) in [5.41, 5.74) is 1.13. The highest BCUT2D eigenvalue weighted by Gasteiger charge is 2.32. The van der Waals surface area contributed by atoms with Crippen molar-refractivity contribution in [3.8, 4) is 11.5 Å². The number of fused-ring (bicyclic) bond motifs is 1. The van der Waals surface area contributed by atoms with Gasteiger partial charge < -0.3 is 20.1 Å². The highest BCUT2D eigenvalue weighted by Crippen LogP contribution is 2.35. The lowest BCUT2D eigenvalue weighted by Crippen LogP contribution is -2.14. The van der Waals surface area contributed by atoms with E-state index >= 15 is 0 Å². The minimum Gasteiger partial charge on any atom is -0.497 e. The summed E-state index contributed by atoms with van der Waals surface area (Å²) >= 11 is 0. The van der Waals surface area contributed by atoms with Gasteiger partial charge in [0.1, 0.15) is 11.5 Å². The van der Waals surface area contributed by atoms with E-state index in [0.29, 0.717) is 52.0 Å².